The van der Waals surface area contributed by atoms with Gasteiger partial charge in [-0.1, -0.05) is 6.92 Å². The second-order valence-corrected chi connectivity index (χ2v) is 5.87. The van der Waals surface area contributed by atoms with Crippen molar-refractivity contribution in [3.8, 4) is 5.75 Å². The van der Waals surface area contributed by atoms with Crippen molar-refractivity contribution in [1.82, 2.24) is 10.3 Å². The van der Waals surface area contributed by atoms with Crippen LogP contribution in [0.2, 0.25) is 0 Å². The summed E-state index contributed by atoms with van der Waals surface area (Å²) in [7, 11) is 1.74. The van der Waals surface area contributed by atoms with Crippen molar-refractivity contribution in [2.75, 3.05) is 13.7 Å². The average molecular weight is 262 g/mol. The van der Waals surface area contributed by atoms with E-state index in [2.05, 4.69) is 24.1 Å². The number of hydrogen-bond donors (Lipinski definition) is 1. The van der Waals surface area contributed by atoms with Gasteiger partial charge in [0.1, 0.15) is 5.75 Å². The van der Waals surface area contributed by atoms with Gasteiger partial charge in [0.15, 0.2) is 0 Å². The molecule has 1 fully saturated rings. The fraction of sp³-hybridized carbons (Fsp3) is 0.688. The number of aromatic nitrogens is 1. The quantitative estimate of drug-likeness (QED) is 0.820. The fourth-order valence-electron chi connectivity index (χ4n) is 2.53. The molecule has 1 saturated carbocycles. The first-order chi connectivity index (χ1) is 9.11. The van der Waals surface area contributed by atoms with E-state index in [0.29, 0.717) is 5.92 Å². The van der Waals surface area contributed by atoms with Crippen LogP contribution >= 0.6 is 0 Å². The van der Waals surface area contributed by atoms with E-state index in [0.717, 1.165) is 30.3 Å². The number of nitrogens with zero attached hydrogens (tertiary/aromatic N) is 1. The summed E-state index contributed by atoms with van der Waals surface area (Å²) in [6.45, 7) is 7.60. The van der Waals surface area contributed by atoms with Crippen molar-refractivity contribution in [3.63, 3.8) is 0 Å². The Morgan fingerprint density at radius 1 is 1.42 bits per heavy atom. The van der Waals surface area contributed by atoms with Crippen LogP contribution in [0.5, 0.6) is 5.75 Å². The molecular formula is C16H26N2O. The Kier molecular flexibility index (Phi) is 4.81. The van der Waals surface area contributed by atoms with Gasteiger partial charge in [0.25, 0.3) is 0 Å². The van der Waals surface area contributed by atoms with Crippen LogP contribution in [0.15, 0.2) is 6.20 Å². The second-order valence-electron chi connectivity index (χ2n) is 5.87. The number of methoxy groups -OCH3 is 1. The largest absolute Gasteiger partial charge is 0.496 e. The molecule has 2 rings (SSSR count). The lowest BCUT2D eigenvalue weighted by atomic mass is 9.98. The van der Waals surface area contributed by atoms with Gasteiger partial charge in [-0.2, -0.15) is 0 Å². The summed E-state index contributed by atoms with van der Waals surface area (Å²) in [6, 6.07) is 0.812. The highest BCUT2D eigenvalue weighted by Gasteiger charge is 2.20. The van der Waals surface area contributed by atoms with Crippen molar-refractivity contribution in [3.05, 3.63) is 23.0 Å². The summed E-state index contributed by atoms with van der Waals surface area (Å²) in [5.74, 6) is 1.65. The first-order valence-corrected chi connectivity index (χ1v) is 7.34. The lowest BCUT2D eigenvalue weighted by Gasteiger charge is -2.16. The molecule has 1 aliphatic carbocycles. The third kappa shape index (κ3) is 3.93. The molecule has 1 aliphatic rings. The molecular weight excluding hydrogens is 236 g/mol. The predicted molar refractivity (Wildman–Crippen MR) is 78.8 cm³/mol. The minimum Gasteiger partial charge on any atom is -0.496 e. The van der Waals surface area contributed by atoms with Crippen LogP contribution in [0.4, 0.5) is 0 Å². The molecule has 106 valence electrons. The number of rotatable bonds is 7. The Labute approximate surface area is 116 Å². The third-order valence-electron chi connectivity index (χ3n) is 3.94. The maximum Gasteiger partial charge on any atom is 0.128 e. The Hall–Kier alpha value is -1.09. The summed E-state index contributed by atoms with van der Waals surface area (Å²) in [5, 5.41) is 3.57. The molecule has 1 N–H and O–H groups in total. The van der Waals surface area contributed by atoms with Gasteiger partial charge in [0.05, 0.1) is 7.11 Å². The molecule has 1 heterocycles. The van der Waals surface area contributed by atoms with E-state index in [1.807, 2.05) is 13.1 Å². The molecule has 0 aromatic carbocycles. The van der Waals surface area contributed by atoms with Gasteiger partial charge in [-0.05, 0) is 52.0 Å². The van der Waals surface area contributed by atoms with Crippen LogP contribution < -0.4 is 10.1 Å². The summed E-state index contributed by atoms with van der Waals surface area (Å²) >= 11 is 0. The molecule has 1 atom stereocenters. The van der Waals surface area contributed by atoms with Gasteiger partial charge in [-0.15, -0.1) is 0 Å². The summed E-state index contributed by atoms with van der Waals surface area (Å²) in [4.78, 5) is 4.58. The average Bonchev–Trinajstić information content (AvgIpc) is 3.18. The van der Waals surface area contributed by atoms with Crippen molar-refractivity contribution < 1.29 is 4.74 Å². The Bertz CT molecular complexity index is 427. The number of aryl methyl sites for hydroxylation is 1. The highest BCUT2D eigenvalue weighted by molar-refractivity contribution is 5.41. The summed E-state index contributed by atoms with van der Waals surface area (Å²) < 4.78 is 5.47. The Balaban J connectivity index is 1.89. The summed E-state index contributed by atoms with van der Waals surface area (Å²) in [6.07, 6.45) is 6.91. The molecule has 1 aromatic heterocycles. The molecule has 3 nitrogen and oxygen atoms in total. The van der Waals surface area contributed by atoms with Crippen molar-refractivity contribution in [2.45, 2.75) is 52.5 Å². The maximum atomic E-state index is 5.47. The fourth-order valence-corrected chi connectivity index (χ4v) is 2.53. The van der Waals surface area contributed by atoms with Crippen LogP contribution in [0.25, 0.3) is 0 Å². The minimum atomic E-state index is 0.657. The lowest BCUT2D eigenvalue weighted by Crippen LogP contribution is -2.20. The molecule has 0 saturated heterocycles. The normalized spacial score (nSPS) is 16.4. The standard InChI is InChI=1S/C16H26N2O/c1-11(7-8-17-14-5-6-14)9-15-13(3)16(19-4)12(2)10-18-15/h10-11,14,17H,5-9H2,1-4H3. The molecule has 1 unspecified atom stereocenters. The van der Waals surface area contributed by atoms with Crippen LogP contribution in [-0.2, 0) is 6.42 Å². The van der Waals surface area contributed by atoms with Crippen molar-refractivity contribution in [2.24, 2.45) is 5.92 Å². The van der Waals surface area contributed by atoms with Gasteiger partial charge < -0.3 is 10.1 Å². The first kappa shape index (κ1) is 14.3. The number of pyridine rings is 1. The number of nitrogens with one attached hydrogen (secondary N) is 1. The zero-order chi connectivity index (χ0) is 13.8. The highest BCUT2D eigenvalue weighted by Crippen LogP contribution is 2.26. The molecule has 0 spiro atoms. The predicted octanol–water partition coefficient (Wildman–Crippen LogP) is 3.03. The van der Waals surface area contributed by atoms with E-state index in [4.69, 9.17) is 4.74 Å². The van der Waals surface area contributed by atoms with Crippen LogP contribution in [0, 0.1) is 19.8 Å². The topological polar surface area (TPSA) is 34.1 Å². The molecule has 0 radical (unpaired) electrons. The monoisotopic (exact) mass is 262 g/mol. The van der Waals surface area contributed by atoms with Crippen molar-refractivity contribution in [1.29, 1.82) is 0 Å². The Morgan fingerprint density at radius 3 is 2.79 bits per heavy atom. The van der Waals surface area contributed by atoms with E-state index in [-0.39, 0.29) is 0 Å². The van der Waals surface area contributed by atoms with Gasteiger partial charge in [-0.25, -0.2) is 0 Å². The lowest BCUT2D eigenvalue weighted by molar-refractivity contribution is 0.405. The maximum absolute atomic E-state index is 5.47. The molecule has 0 aliphatic heterocycles. The van der Waals surface area contributed by atoms with Crippen LogP contribution in [0.1, 0.15) is 43.0 Å². The zero-order valence-electron chi connectivity index (χ0n) is 12.6. The van der Waals surface area contributed by atoms with Crippen LogP contribution in [-0.4, -0.2) is 24.7 Å². The second kappa shape index (κ2) is 6.38. The SMILES string of the molecule is COc1c(C)cnc(CC(C)CCNC2CC2)c1C. The van der Waals surface area contributed by atoms with E-state index in [9.17, 15) is 0 Å². The van der Waals surface area contributed by atoms with E-state index in [1.165, 1.54) is 30.5 Å². The zero-order valence-corrected chi connectivity index (χ0v) is 12.6. The molecule has 3 heteroatoms. The molecule has 0 amide bonds. The van der Waals surface area contributed by atoms with E-state index in [1.54, 1.807) is 7.11 Å². The first-order valence-electron chi connectivity index (χ1n) is 7.34. The van der Waals surface area contributed by atoms with Gasteiger partial charge in [-0.3, -0.25) is 4.98 Å². The van der Waals surface area contributed by atoms with E-state index >= 15 is 0 Å². The molecule has 0 bridgehead atoms. The van der Waals surface area contributed by atoms with Crippen LogP contribution in [0.3, 0.4) is 0 Å². The van der Waals surface area contributed by atoms with Gasteiger partial charge >= 0.3 is 0 Å². The highest BCUT2D eigenvalue weighted by atomic mass is 16.5. The number of ether oxygens (including phenoxy) is 1. The Morgan fingerprint density at radius 2 is 2.16 bits per heavy atom. The third-order valence-corrected chi connectivity index (χ3v) is 3.94. The smallest absolute Gasteiger partial charge is 0.128 e. The van der Waals surface area contributed by atoms with Gasteiger partial charge in [0, 0.05) is 29.1 Å². The molecule has 19 heavy (non-hydrogen) atoms. The molecule has 1 aromatic rings. The summed E-state index contributed by atoms with van der Waals surface area (Å²) in [5.41, 5.74) is 3.50. The number of hydrogen-bond acceptors (Lipinski definition) is 3. The minimum absolute atomic E-state index is 0.657. The van der Waals surface area contributed by atoms with Gasteiger partial charge in [0.2, 0.25) is 0 Å². The van der Waals surface area contributed by atoms with Crippen molar-refractivity contribution >= 4 is 0 Å². The van der Waals surface area contributed by atoms with E-state index < -0.39 is 0 Å².